The van der Waals surface area contributed by atoms with Crippen molar-refractivity contribution in [1.82, 2.24) is 5.32 Å². The number of methoxy groups -OCH3 is 1. The molecule has 3 fully saturated rings. The van der Waals surface area contributed by atoms with E-state index in [0.29, 0.717) is 30.0 Å². The first-order valence-corrected chi connectivity index (χ1v) is 8.41. The van der Waals surface area contributed by atoms with Gasteiger partial charge in [0.05, 0.1) is 19.3 Å². The molecule has 4 nitrogen and oxygen atoms in total. The number of benzene rings is 1. The lowest BCUT2D eigenvalue weighted by molar-refractivity contribution is -0.177. The smallest absolute Gasteiger partial charge is 0.118 e. The molecule has 4 heteroatoms. The monoisotopic (exact) mass is 303 g/mol. The van der Waals surface area contributed by atoms with Crippen molar-refractivity contribution in [2.75, 3.05) is 20.3 Å². The van der Waals surface area contributed by atoms with E-state index in [4.69, 9.17) is 9.47 Å². The van der Waals surface area contributed by atoms with E-state index in [1.54, 1.807) is 7.11 Å². The van der Waals surface area contributed by atoms with Crippen molar-refractivity contribution < 1.29 is 14.6 Å². The molecule has 2 aliphatic carbocycles. The number of nitrogens with one attached hydrogen (secondary N) is 1. The molecule has 4 atom stereocenters. The Labute approximate surface area is 131 Å². The van der Waals surface area contributed by atoms with E-state index in [1.807, 2.05) is 24.3 Å². The molecule has 1 aliphatic heterocycles. The predicted octanol–water partition coefficient (Wildman–Crippen LogP) is 2.28. The van der Waals surface area contributed by atoms with Gasteiger partial charge in [-0.05, 0) is 37.0 Å². The highest BCUT2D eigenvalue weighted by atomic mass is 16.5. The second kappa shape index (κ2) is 5.52. The van der Waals surface area contributed by atoms with Gasteiger partial charge in [0, 0.05) is 30.5 Å². The van der Waals surface area contributed by atoms with Gasteiger partial charge < -0.3 is 19.9 Å². The lowest BCUT2D eigenvalue weighted by atomic mass is 9.46. The number of hydrogen-bond acceptors (Lipinski definition) is 4. The molecule has 0 amide bonds. The summed E-state index contributed by atoms with van der Waals surface area (Å²) in [6, 6.07) is 8.20. The minimum Gasteiger partial charge on any atom is -0.497 e. The molecule has 0 aromatic heterocycles. The van der Waals surface area contributed by atoms with Crippen LogP contribution >= 0.6 is 0 Å². The number of aliphatic hydroxyl groups is 1. The molecule has 2 N–H and O–H groups in total. The van der Waals surface area contributed by atoms with Crippen LogP contribution in [-0.4, -0.2) is 37.5 Å². The molecule has 1 aromatic rings. The Hall–Kier alpha value is -1.10. The third-order valence-electron chi connectivity index (χ3n) is 6.07. The highest BCUT2D eigenvalue weighted by Crippen LogP contribution is 2.62. The maximum Gasteiger partial charge on any atom is 0.118 e. The molecule has 120 valence electrons. The van der Waals surface area contributed by atoms with Crippen LogP contribution < -0.4 is 10.1 Å². The average Bonchev–Trinajstić information content (AvgIpc) is 2.91. The fourth-order valence-electron chi connectivity index (χ4n) is 4.74. The zero-order chi connectivity index (χ0) is 15.2. The molecule has 4 rings (SSSR count). The Balaban J connectivity index is 1.37. The lowest BCUT2D eigenvalue weighted by Gasteiger charge is -2.63. The summed E-state index contributed by atoms with van der Waals surface area (Å²) in [6.45, 7) is 1.53. The fourth-order valence-corrected chi connectivity index (χ4v) is 4.74. The lowest BCUT2D eigenvalue weighted by Crippen LogP contribution is -2.71. The molecule has 4 unspecified atom stereocenters. The number of fused-ring (bicyclic) bond motifs is 2. The van der Waals surface area contributed by atoms with Crippen LogP contribution in [-0.2, 0) is 4.74 Å². The van der Waals surface area contributed by atoms with Crippen LogP contribution in [0, 0.1) is 11.3 Å². The highest BCUT2D eigenvalue weighted by molar-refractivity contribution is 5.28. The van der Waals surface area contributed by atoms with Crippen molar-refractivity contribution in [2.24, 2.45) is 11.3 Å². The van der Waals surface area contributed by atoms with Crippen molar-refractivity contribution in [3.05, 3.63) is 29.8 Å². The van der Waals surface area contributed by atoms with Crippen molar-refractivity contribution >= 4 is 0 Å². The molecule has 3 aliphatic rings. The van der Waals surface area contributed by atoms with Crippen LogP contribution in [0.25, 0.3) is 0 Å². The second-order valence-electron chi connectivity index (χ2n) is 7.01. The van der Waals surface area contributed by atoms with E-state index in [-0.39, 0.29) is 0 Å². The van der Waals surface area contributed by atoms with Crippen LogP contribution in [0.15, 0.2) is 24.3 Å². The Bertz CT molecular complexity index is 526. The SMILES string of the molecule is COc1ccc(C(O)CNC2C3CCOC3C23CCC3)cc1. The molecule has 22 heavy (non-hydrogen) atoms. The van der Waals surface area contributed by atoms with Crippen molar-refractivity contribution in [2.45, 2.75) is 43.9 Å². The van der Waals surface area contributed by atoms with E-state index < -0.39 is 6.10 Å². The third-order valence-corrected chi connectivity index (χ3v) is 6.07. The van der Waals surface area contributed by atoms with Gasteiger partial charge in [-0.2, -0.15) is 0 Å². The van der Waals surface area contributed by atoms with E-state index in [2.05, 4.69) is 5.32 Å². The van der Waals surface area contributed by atoms with Gasteiger partial charge in [-0.15, -0.1) is 0 Å². The van der Waals surface area contributed by atoms with Gasteiger partial charge in [-0.25, -0.2) is 0 Å². The molecular weight excluding hydrogens is 278 g/mol. The molecule has 1 saturated heterocycles. The summed E-state index contributed by atoms with van der Waals surface area (Å²) < 4.78 is 11.1. The minimum absolute atomic E-state index is 0.376. The van der Waals surface area contributed by atoms with Crippen molar-refractivity contribution in [1.29, 1.82) is 0 Å². The third kappa shape index (κ3) is 2.08. The zero-order valence-corrected chi connectivity index (χ0v) is 13.1. The minimum atomic E-state index is -0.468. The molecule has 0 radical (unpaired) electrons. The van der Waals surface area contributed by atoms with Crippen LogP contribution in [0.4, 0.5) is 0 Å². The number of rotatable bonds is 5. The van der Waals surface area contributed by atoms with Gasteiger partial charge in [0.2, 0.25) is 0 Å². The summed E-state index contributed by atoms with van der Waals surface area (Å²) in [5, 5.41) is 14.1. The number of ether oxygens (including phenoxy) is 2. The van der Waals surface area contributed by atoms with Gasteiger partial charge in [-0.1, -0.05) is 18.6 Å². The van der Waals surface area contributed by atoms with Gasteiger partial charge in [0.1, 0.15) is 5.75 Å². The standard InChI is InChI=1S/C18H25NO3/c1-21-13-5-3-12(4-6-13)15(20)11-19-16-14-7-10-22-17(14)18(16)8-2-9-18/h3-6,14-17,19-20H,2,7-11H2,1H3. The van der Waals surface area contributed by atoms with Gasteiger partial charge in [0.25, 0.3) is 0 Å². The normalized spacial score (nSPS) is 32.9. The summed E-state index contributed by atoms with van der Waals surface area (Å²) in [7, 11) is 1.65. The number of hydrogen-bond donors (Lipinski definition) is 2. The molecule has 1 spiro atoms. The largest absolute Gasteiger partial charge is 0.497 e. The van der Waals surface area contributed by atoms with Crippen LogP contribution in [0.3, 0.4) is 0 Å². The van der Waals surface area contributed by atoms with Gasteiger partial charge in [-0.3, -0.25) is 0 Å². The van der Waals surface area contributed by atoms with Gasteiger partial charge in [0.15, 0.2) is 0 Å². The first-order chi connectivity index (χ1) is 10.7. The molecule has 1 aromatic carbocycles. The predicted molar refractivity (Wildman–Crippen MR) is 83.9 cm³/mol. The Morgan fingerprint density at radius 1 is 1.36 bits per heavy atom. The molecule has 2 saturated carbocycles. The summed E-state index contributed by atoms with van der Waals surface area (Å²) in [5.74, 6) is 1.48. The summed E-state index contributed by atoms with van der Waals surface area (Å²) >= 11 is 0. The van der Waals surface area contributed by atoms with E-state index in [9.17, 15) is 5.11 Å². The fraction of sp³-hybridized carbons (Fsp3) is 0.667. The van der Waals surface area contributed by atoms with Crippen molar-refractivity contribution in [3.63, 3.8) is 0 Å². The molecule has 0 bridgehead atoms. The first-order valence-electron chi connectivity index (χ1n) is 8.41. The van der Waals surface area contributed by atoms with Crippen LogP contribution in [0.1, 0.15) is 37.4 Å². The summed E-state index contributed by atoms with van der Waals surface area (Å²) in [5.41, 5.74) is 1.32. The molecule has 1 heterocycles. The van der Waals surface area contributed by atoms with E-state index in [1.165, 1.54) is 25.7 Å². The van der Waals surface area contributed by atoms with Crippen LogP contribution in [0.2, 0.25) is 0 Å². The molecular formula is C18H25NO3. The Morgan fingerprint density at radius 2 is 2.14 bits per heavy atom. The Morgan fingerprint density at radius 3 is 2.77 bits per heavy atom. The zero-order valence-electron chi connectivity index (χ0n) is 13.1. The van der Waals surface area contributed by atoms with Crippen molar-refractivity contribution in [3.8, 4) is 5.75 Å². The summed E-state index contributed by atoms with van der Waals surface area (Å²) in [4.78, 5) is 0. The van der Waals surface area contributed by atoms with E-state index in [0.717, 1.165) is 17.9 Å². The van der Waals surface area contributed by atoms with Crippen LogP contribution in [0.5, 0.6) is 5.75 Å². The first kappa shape index (κ1) is 14.5. The maximum absolute atomic E-state index is 10.4. The quantitative estimate of drug-likeness (QED) is 0.876. The highest BCUT2D eigenvalue weighted by Gasteiger charge is 2.66. The topological polar surface area (TPSA) is 50.7 Å². The Kier molecular flexibility index (Phi) is 3.63. The maximum atomic E-state index is 10.4. The second-order valence-corrected chi connectivity index (χ2v) is 7.01. The average molecular weight is 303 g/mol. The van der Waals surface area contributed by atoms with E-state index >= 15 is 0 Å². The van der Waals surface area contributed by atoms with Gasteiger partial charge >= 0.3 is 0 Å². The number of aliphatic hydroxyl groups excluding tert-OH is 1. The summed E-state index contributed by atoms with van der Waals surface area (Å²) in [6.07, 6.45) is 5.07.